The summed E-state index contributed by atoms with van der Waals surface area (Å²) in [6, 6.07) is 42.6. The summed E-state index contributed by atoms with van der Waals surface area (Å²) >= 11 is 1.80. The third-order valence-corrected chi connectivity index (χ3v) is 12.3. The zero-order valence-corrected chi connectivity index (χ0v) is 31.4. The molecule has 3 aliphatic rings. The van der Waals surface area contributed by atoms with Gasteiger partial charge in [-0.2, -0.15) is 5.26 Å². The lowest BCUT2D eigenvalue weighted by atomic mass is 9.63. The average molecular weight is 741 g/mol. The Morgan fingerprint density at radius 1 is 0.714 bits per heavy atom. The van der Waals surface area contributed by atoms with E-state index in [4.69, 9.17) is 15.0 Å². The number of rotatable bonds is 6. The molecular weight excluding hydrogens is 705 g/mol. The van der Waals surface area contributed by atoms with Crippen LogP contribution in [0.1, 0.15) is 53.8 Å². The van der Waals surface area contributed by atoms with Crippen molar-refractivity contribution >= 4 is 28.1 Å². The predicted molar refractivity (Wildman–Crippen MR) is 225 cm³/mol. The van der Waals surface area contributed by atoms with Gasteiger partial charge in [-0.3, -0.25) is 4.98 Å². The number of hydrogen-bond acceptors (Lipinski definition) is 7. The quantitative estimate of drug-likeness (QED) is 0.182. The molecule has 0 fully saturated rings. The summed E-state index contributed by atoms with van der Waals surface area (Å²) < 4.78 is 0. The minimum atomic E-state index is -0.549. The minimum Gasteiger partial charge on any atom is -0.391 e. The van der Waals surface area contributed by atoms with Crippen LogP contribution in [-0.4, -0.2) is 26.5 Å². The van der Waals surface area contributed by atoms with Crippen LogP contribution < -0.4 is 5.32 Å². The second-order valence-electron chi connectivity index (χ2n) is 14.4. The Morgan fingerprint density at radius 2 is 1.54 bits per heavy atom. The number of aromatic nitrogens is 4. The molecule has 2 aliphatic heterocycles. The van der Waals surface area contributed by atoms with E-state index < -0.39 is 5.41 Å². The minimum absolute atomic E-state index is 0.549. The van der Waals surface area contributed by atoms with Gasteiger partial charge < -0.3 is 5.32 Å². The Hall–Kier alpha value is -6.62. The lowest BCUT2D eigenvalue weighted by molar-refractivity contribution is 0.585. The van der Waals surface area contributed by atoms with Gasteiger partial charge in [-0.1, -0.05) is 109 Å². The average Bonchev–Trinajstić information content (AvgIpc) is 3.28. The summed E-state index contributed by atoms with van der Waals surface area (Å²) in [5.74, 6) is 1.94. The molecule has 0 saturated carbocycles. The highest BCUT2D eigenvalue weighted by molar-refractivity contribution is 7.99. The fraction of sp³-hybridized carbons (Fsp3) is 0.122. The zero-order valence-electron chi connectivity index (χ0n) is 30.6. The number of pyridine rings is 1. The van der Waals surface area contributed by atoms with Crippen molar-refractivity contribution in [2.45, 2.75) is 40.9 Å². The maximum atomic E-state index is 9.40. The van der Waals surface area contributed by atoms with Crippen molar-refractivity contribution in [2.75, 3.05) is 6.54 Å². The molecule has 0 saturated heterocycles. The van der Waals surface area contributed by atoms with Crippen LogP contribution in [0, 0.1) is 11.3 Å². The highest BCUT2D eigenvalue weighted by atomic mass is 32.2. The predicted octanol–water partition coefficient (Wildman–Crippen LogP) is 11.1. The molecule has 10 rings (SSSR count). The smallest absolute Gasteiger partial charge is 0.165 e. The van der Waals surface area contributed by atoms with E-state index in [1.807, 2.05) is 36.7 Å². The number of hydrogen-bond donors (Lipinski definition) is 1. The van der Waals surface area contributed by atoms with Crippen LogP contribution in [0.3, 0.4) is 0 Å². The Morgan fingerprint density at radius 3 is 2.39 bits per heavy atom. The maximum Gasteiger partial charge on any atom is 0.165 e. The first kappa shape index (κ1) is 33.9. The number of nitrogens with one attached hydrogen (secondary N) is 1. The number of fused-ring (bicyclic) bond motifs is 3. The highest BCUT2D eigenvalue weighted by Crippen LogP contribution is 2.58. The fourth-order valence-corrected chi connectivity index (χ4v) is 9.77. The molecule has 268 valence electrons. The van der Waals surface area contributed by atoms with Crippen molar-refractivity contribution in [3.05, 3.63) is 186 Å². The van der Waals surface area contributed by atoms with Gasteiger partial charge in [0.25, 0.3) is 0 Å². The van der Waals surface area contributed by atoms with Crippen molar-refractivity contribution < 1.29 is 0 Å². The second kappa shape index (κ2) is 14.2. The summed E-state index contributed by atoms with van der Waals surface area (Å²) in [6.07, 6.45) is 16.7. The van der Waals surface area contributed by atoms with Crippen molar-refractivity contribution in [1.29, 1.82) is 5.26 Å². The van der Waals surface area contributed by atoms with Crippen molar-refractivity contribution in [1.82, 2.24) is 25.3 Å². The molecule has 5 aromatic carbocycles. The van der Waals surface area contributed by atoms with Gasteiger partial charge in [0.05, 0.1) is 17.0 Å². The molecule has 7 heteroatoms. The molecule has 0 amide bonds. The van der Waals surface area contributed by atoms with Gasteiger partial charge in [-0.15, -0.1) is 0 Å². The van der Waals surface area contributed by atoms with E-state index in [1.54, 1.807) is 11.8 Å². The van der Waals surface area contributed by atoms with E-state index in [2.05, 4.69) is 132 Å². The van der Waals surface area contributed by atoms with Crippen LogP contribution in [0.25, 0.3) is 50.2 Å². The van der Waals surface area contributed by atoms with E-state index in [9.17, 15) is 5.26 Å². The Labute approximate surface area is 330 Å². The molecule has 6 nitrogen and oxygen atoms in total. The van der Waals surface area contributed by atoms with Gasteiger partial charge in [-0.25, -0.2) is 15.0 Å². The largest absolute Gasteiger partial charge is 0.391 e. The maximum absolute atomic E-state index is 9.40. The number of allylic oxidation sites excluding steroid dienone is 5. The lowest BCUT2D eigenvalue weighted by Gasteiger charge is -2.44. The van der Waals surface area contributed by atoms with E-state index in [-0.39, 0.29) is 0 Å². The topological polar surface area (TPSA) is 87.4 Å². The Bertz CT molecular complexity index is 2820. The first-order valence-electron chi connectivity index (χ1n) is 19.1. The van der Waals surface area contributed by atoms with E-state index in [0.29, 0.717) is 23.0 Å². The monoisotopic (exact) mass is 740 g/mol. The van der Waals surface area contributed by atoms with E-state index >= 15 is 0 Å². The van der Waals surface area contributed by atoms with Gasteiger partial charge in [0.1, 0.15) is 0 Å². The molecule has 4 heterocycles. The van der Waals surface area contributed by atoms with Crippen molar-refractivity contribution in [3.63, 3.8) is 0 Å². The van der Waals surface area contributed by atoms with Crippen LogP contribution in [0.4, 0.5) is 0 Å². The van der Waals surface area contributed by atoms with Gasteiger partial charge in [0.15, 0.2) is 17.5 Å². The molecule has 2 aromatic heterocycles. The second-order valence-corrected chi connectivity index (χ2v) is 15.5. The lowest BCUT2D eigenvalue weighted by Crippen LogP contribution is -2.37. The number of nitrogens with zero attached hydrogens (tertiary/aromatic N) is 5. The molecule has 1 aliphatic carbocycles. The Balaban J connectivity index is 1.17. The summed E-state index contributed by atoms with van der Waals surface area (Å²) in [5, 5.41) is 15.1. The Kier molecular flexibility index (Phi) is 8.61. The molecule has 0 bridgehead atoms. The molecular formula is C49H36N6S. The van der Waals surface area contributed by atoms with Crippen LogP contribution in [0.2, 0.25) is 0 Å². The summed E-state index contributed by atoms with van der Waals surface area (Å²) in [6.45, 7) is 0.960. The molecule has 0 radical (unpaired) electrons. The van der Waals surface area contributed by atoms with E-state index in [0.717, 1.165) is 81.3 Å². The molecule has 1 unspecified atom stereocenters. The molecule has 0 spiro atoms. The van der Waals surface area contributed by atoms with Crippen LogP contribution in [0.5, 0.6) is 0 Å². The summed E-state index contributed by atoms with van der Waals surface area (Å²) in [4.78, 5) is 22.7. The number of benzene rings is 5. The molecule has 1 atom stereocenters. The van der Waals surface area contributed by atoms with Crippen molar-refractivity contribution in [2.24, 2.45) is 0 Å². The first-order chi connectivity index (χ1) is 27.7. The molecule has 1 N–H and O–H groups in total. The van der Waals surface area contributed by atoms with Crippen molar-refractivity contribution in [3.8, 4) is 40.0 Å². The van der Waals surface area contributed by atoms with Gasteiger partial charge in [-0.05, 0) is 112 Å². The fourth-order valence-electron chi connectivity index (χ4n) is 8.48. The van der Waals surface area contributed by atoms with Crippen LogP contribution in [-0.2, 0) is 5.41 Å². The van der Waals surface area contributed by atoms with Gasteiger partial charge in [0.2, 0.25) is 0 Å². The molecule has 7 aromatic rings. The van der Waals surface area contributed by atoms with Crippen LogP contribution in [0.15, 0.2) is 167 Å². The SMILES string of the molecule is N#Cc1ccc2cc(-c3cccc(-c4nc(C5=CCCC=C5)nc(-c5cccc6c5Sc5ccccc5C6(C5=CNCCC5)c5cccnc5)n4)c3)ccc2c1. The van der Waals surface area contributed by atoms with Gasteiger partial charge in [0, 0.05) is 45.4 Å². The third kappa shape index (κ3) is 5.82. The number of nitriles is 1. The summed E-state index contributed by atoms with van der Waals surface area (Å²) in [5.41, 5.74) is 10.1. The highest BCUT2D eigenvalue weighted by Gasteiger charge is 2.46. The normalized spacial score (nSPS) is 17.2. The standard InChI is InChI=1S/C49H36N6S/c50-29-32-20-21-36-27-37(23-22-35(36)26-32)34-12-6-13-38(28-34)47-53-46(33-10-2-1-3-11-33)54-48(55-47)41-16-7-18-43-45(41)56-44-19-5-4-17-42(44)49(43,39-14-8-24-51-30-39)40-15-9-25-52-31-40/h2,4-8,10-14,16-24,26-28,30-31,52H,1,3,9,15,25H2. The molecule has 56 heavy (non-hydrogen) atoms. The van der Waals surface area contributed by atoms with E-state index in [1.165, 1.54) is 21.6 Å². The third-order valence-electron chi connectivity index (χ3n) is 11.1. The summed E-state index contributed by atoms with van der Waals surface area (Å²) in [7, 11) is 0. The zero-order chi connectivity index (χ0) is 37.5. The van der Waals surface area contributed by atoms with Gasteiger partial charge >= 0.3 is 0 Å². The first-order valence-corrected chi connectivity index (χ1v) is 19.9. The van der Waals surface area contributed by atoms with Crippen LogP contribution >= 0.6 is 11.8 Å².